The molecule has 0 aliphatic heterocycles. The van der Waals surface area contributed by atoms with Crippen LogP contribution < -0.4 is 24.8 Å². The molecule has 0 saturated carbocycles. The van der Waals surface area contributed by atoms with Crippen molar-refractivity contribution in [1.29, 1.82) is 0 Å². The normalized spacial score (nSPS) is 8.60. The van der Waals surface area contributed by atoms with Gasteiger partial charge in [0.1, 0.15) is 0 Å². The molecule has 4 aromatic carbocycles. The molecule has 0 nitrogen and oxygen atoms in total. The van der Waals surface area contributed by atoms with Gasteiger partial charge in [-0.3, -0.25) is 0 Å². The van der Waals surface area contributed by atoms with Crippen LogP contribution in [0.1, 0.15) is 11.1 Å². The van der Waals surface area contributed by atoms with Crippen LogP contribution in [0, 0.1) is 6.92 Å². The summed E-state index contributed by atoms with van der Waals surface area (Å²) in [7, 11) is 0. The van der Waals surface area contributed by atoms with E-state index >= 15 is 0 Å². The van der Waals surface area contributed by atoms with Crippen molar-refractivity contribution in [1.82, 2.24) is 0 Å². The van der Waals surface area contributed by atoms with Gasteiger partial charge in [0.2, 0.25) is 0 Å². The molecule has 0 spiro atoms. The first kappa shape index (κ1) is 23.7. The van der Waals surface area contributed by atoms with Gasteiger partial charge in [-0.25, -0.2) is 12.1 Å². The van der Waals surface area contributed by atoms with Gasteiger partial charge in [-0.2, -0.15) is 35.2 Å². The number of rotatable bonds is 1. The van der Waals surface area contributed by atoms with Crippen molar-refractivity contribution in [2.45, 2.75) is 6.92 Å². The summed E-state index contributed by atoms with van der Waals surface area (Å²) in [5.41, 5.74) is 2.67. The molecule has 0 amide bonds. The summed E-state index contributed by atoms with van der Waals surface area (Å²) in [6, 6.07) is 33.3. The minimum atomic E-state index is 0. The molecule has 25 heavy (non-hydrogen) atoms. The Morgan fingerprint density at radius 3 is 1.88 bits per heavy atom. The van der Waals surface area contributed by atoms with E-state index in [2.05, 4.69) is 89.5 Å². The first-order valence-electron chi connectivity index (χ1n) is 7.64. The summed E-state index contributed by atoms with van der Waals surface area (Å²) >= 11 is 1.46. The second kappa shape index (κ2) is 14.0. The maximum Gasteiger partial charge on any atom is -0.0809 e. The molecule has 0 bridgehead atoms. The number of hydrogen-bond donors (Lipinski definition) is 0. The van der Waals surface area contributed by atoms with Crippen LogP contribution in [0.3, 0.4) is 0 Å². The number of aryl methyl sites for hydroxylation is 1. The molecule has 0 atom stereocenters. The fourth-order valence-corrected chi connectivity index (χ4v) is 2.56. The van der Waals surface area contributed by atoms with E-state index in [0.29, 0.717) is 0 Å². The Kier molecular flexibility index (Phi) is 13.3. The fraction of sp³-hybridized carbons (Fsp3) is 0.0455. The fourth-order valence-electron chi connectivity index (χ4n) is 2.09. The minimum Gasteiger partial charge on any atom is -0.168 e. The molecular formula is C22H20Cl2Zr-2. The third-order valence-corrected chi connectivity index (χ3v) is 4.16. The molecule has 0 unspecified atom stereocenters. The predicted molar refractivity (Wildman–Crippen MR) is 97.9 cm³/mol. The molecule has 4 rings (SSSR count). The van der Waals surface area contributed by atoms with Gasteiger partial charge in [0.05, 0.1) is 0 Å². The molecule has 0 heterocycles. The number of hydrogen-bond acceptors (Lipinski definition) is 0. The van der Waals surface area contributed by atoms with Crippen LogP contribution >= 0.6 is 0 Å². The molecule has 0 fully saturated rings. The summed E-state index contributed by atoms with van der Waals surface area (Å²) < 4.78 is 2.17. The first-order chi connectivity index (χ1) is 11.3. The average molecular weight is 447 g/mol. The Morgan fingerprint density at radius 2 is 1.40 bits per heavy atom. The van der Waals surface area contributed by atoms with E-state index in [9.17, 15) is 0 Å². The quantitative estimate of drug-likeness (QED) is 0.351. The summed E-state index contributed by atoms with van der Waals surface area (Å²) in [5, 5.41) is 2.66. The average Bonchev–Trinajstić information content (AvgIpc) is 3.27. The van der Waals surface area contributed by atoms with Crippen LogP contribution in [0.25, 0.3) is 10.8 Å². The van der Waals surface area contributed by atoms with Gasteiger partial charge in [0, 0.05) is 0 Å². The summed E-state index contributed by atoms with van der Waals surface area (Å²) in [5.74, 6) is 0. The molecule has 128 valence electrons. The SMILES string of the molecule is C[c-]1cccc1.[Cl-].[Cl-].[Zr+2]=[CH]c1ccccc1.c1ccc2[cH-]ccc2c1. The number of benzene rings is 2. The molecule has 0 aliphatic carbocycles. The van der Waals surface area contributed by atoms with Gasteiger partial charge < -0.3 is 24.8 Å². The number of fused-ring (bicyclic) bond motifs is 1. The van der Waals surface area contributed by atoms with Crippen LogP contribution in [0.4, 0.5) is 0 Å². The molecule has 0 N–H and O–H groups in total. The Labute approximate surface area is 177 Å². The van der Waals surface area contributed by atoms with Crippen molar-refractivity contribution in [2.24, 2.45) is 0 Å². The minimum absolute atomic E-state index is 0. The largest absolute Gasteiger partial charge is 0.168 e. The smallest absolute Gasteiger partial charge is 0.0809 e. The van der Waals surface area contributed by atoms with E-state index < -0.39 is 0 Å². The van der Waals surface area contributed by atoms with Crippen molar-refractivity contribution in [2.75, 3.05) is 0 Å². The molecule has 3 heteroatoms. The van der Waals surface area contributed by atoms with E-state index in [1.54, 1.807) is 0 Å². The van der Waals surface area contributed by atoms with E-state index in [4.69, 9.17) is 0 Å². The topological polar surface area (TPSA) is 0 Å². The zero-order valence-corrected chi connectivity index (χ0v) is 18.0. The third kappa shape index (κ3) is 9.12. The van der Waals surface area contributed by atoms with Gasteiger partial charge in [0.15, 0.2) is 0 Å². The van der Waals surface area contributed by atoms with E-state index in [-0.39, 0.29) is 24.8 Å². The summed E-state index contributed by atoms with van der Waals surface area (Å²) in [6.45, 7) is 2.08. The summed E-state index contributed by atoms with van der Waals surface area (Å²) in [4.78, 5) is 0. The Balaban J connectivity index is 0.000000339. The van der Waals surface area contributed by atoms with Gasteiger partial charge in [-0.15, -0.1) is 29.7 Å². The zero-order valence-electron chi connectivity index (χ0n) is 14.1. The first-order valence-corrected chi connectivity index (χ1v) is 9.06. The zero-order chi connectivity index (χ0) is 16.3. The Bertz CT molecular complexity index is 772. The van der Waals surface area contributed by atoms with Crippen molar-refractivity contribution in [3.8, 4) is 0 Å². The second-order valence-corrected chi connectivity index (χ2v) is 5.88. The standard InChI is InChI=1S/C9H7.C7H6.C6H7.2ClH.Zr/c1-2-5-9-7-3-6-8(9)4-1;1-7-5-3-2-4-6-7;1-6-4-2-3-5-6;;;/h1-7H;1-6H;2-5H,1H3;2*1H;/q-1;;-1;;;+2/p-2. The van der Waals surface area contributed by atoms with Crippen LogP contribution in [0.5, 0.6) is 0 Å². The molecule has 0 aromatic heterocycles. The van der Waals surface area contributed by atoms with E-state index in [1.165, 1.54) is 46.1 Å². The van der Waals surface area contributed by atoms with Crippen LogP contribution in [-0.4, -0.2) is 3.71 Å². The molecule has 0 saturated heterocycles. The van der Waals surface area contributed by atoms with Crippen LogP contribution in [-0.2, 0) is 24.2 Å². The second-order valence-electron chi connectivity index (χ2n) is 5.17. The van der Waals surface area contributed by atoms with Crippen molar-refractivity contribution >= 4 is 14.5 Å². The molecule has 0 radical (unpaired) electrons. The van der Waals surface area contributed by atoms with Gasteiger partial charge in [0.25, 0.3) is 0 Å². The molecular weight excluding hydrogens is 426 g/mol. The van der Waals surface area contributed by atoms with E-state index in [1.807, 2.05) is 18.2 Å². The third-order valence-electron chi connectivity index (χ3n) is 3.34. The van der Waals surface area contributed by atoms with Crippen molar-refractivity contribution in [3.05, 3.63) is 108 Å². The van der Waals surface area contributed by atoms with Crippen LogP contribution in [0.15, 0.2) is 97.1 Å². The number of halogens is 2. The van der Waals surface area contributed by atoms with E-state index in [0.717, 1.165) is 0 Å². The van der Waals surface area contributed by atoms with Gasteiger partial charge in [-0.1, -0.05) is 13.0 Å². The van der Waals surface area contributed by atoms with Gasteiger partial charge in [-0.05, 0) is 0 Å². The maximum atomic E-state index is 2.17. The summed E-state index contributed by atoms with van der Waals surface area (Å²) in [6.07, 6.45) is 0. The molecule has 0 aliphatic rings. The Hall–Kier alpha value is -1.27. The molecule has 4 aromatic rings. The van der Waals surface area contributed by atoms with Gasteiger partial charge >= 0.3 is 63.8 Å². The van der Waals surface area contributed by atoms with Crippen molar-refractivity contribution < 1.29 is 49.0 Å². The monoisotopic (exact) mass is 444 g/mol. The maximum absolute atomic E-state index is 2.17. The van der Waals surface area contributed by atoms with Crippen LogP contribution in [0.2, 0.25) is 0 Å². The Morgan fingerprint density at radius 1 is 0.800 bits per heavy atom. The van der Waals surface area contributed by atoms with Crippen molar-refractivity contribution in [3.63, 3.8) is 0 Å². The predicted octanol–water partition coefficient (Wildman–Crippen LogP) is -0.336.